The molecule has 1 aliphatic rings. The number of aryl methyl sites for hydroxylation is 2. The lowest BCUT2D eigenvalue weighted by Gasteiger charge is -2.35. The number of hydrogen-bond acceptors (Lipinski definition) is 3. The van der Waals surface area contributed by atoms with Crippen molar-refractivity contribution in [3.8, 4) is 0 Å². The second kappa shape index (κ2) is 5.89. The van der Waals surface area contributed by atoms with Crippen LogP contribution < -0.4 is 4.90 Å². The normalized spacial score (nSPS) is 18.3. The van der Waals surface area contributed by atoms with E-state index in [0.717, 1.165) is 48.2 Å². The molecule has 3 heterocycles. The zero-order valence-electron chi connectivity index (χ0n) is 14.0. The monoisotopic (exact) mass is 324 g/mol. The molecule has 3 aromatic rings. The summed E-state index contributed by atoms with van der Waals surface area (Å²) in [6, 6.07) is 7.25. The minimum atomic E-state index is -0.217. The fraction of sp³-hybridized carbons (Fsp3) is 0.368. The van der Waals surface area contributed by atoms with Gasteiger partial charge < -0.3 is 4.90 Å². The van der Waals surface area contributed by atoms with Crippen molar-refractivity contribution in [3.05, 3.63) is 53.7 Å². The predicted molar refractivity (Wildman–Crippen MR) is 93.9 cm³/mol. The molecule has 2 aromatic heterocycles. The molecule has 1 unspecified atom stereocenters. The van der Waals surface area contributed by atoms with Crippen molar-refractivity contribution in [2.75, 3.05) is 18.0 Å². The molecule has 1 aromatic carbocycles. The van der Waals surface area contributed by atoms with Gasteiger partial charge in [-0.15, -0.1) is 0 Å². The van der Waals surface area contributed by atoms with Crippen molar-refractivity contribution in [3.63, 3.8) is 0 Å². The fourth-order valence-corrected chi connectivity index (χ4v) is 3.59. The lowest BCUT2D eigenvalue weighted by Crippen LogP contribution is -2.37. The molecule has 0 amide bonds. The van der Waals surface area contributed by atoms with E-state index in [-0.39, 0.29) is 5.82 Å². The maximum absolute atomic E-state index is 13.8. The fourth-order valence-electron chi connectivity index (χ4n) is 3.59. The van der Waals surface area contributed by atoms with Crippen molar-refractivity contribution in [2.45, 2.75) is 32.7 Å². The maximum atomic E-state index is 13.8. The highest BCUT2D eigenvalue weighted by atomic mass is 19.1. The van der Waals surface area contributed by atoms with Gasteiger partial charge in [0.05, 0.1) is 17.8 Å². The Morgan fingerprint density at radius 3 is 2.88 bits per heavy atom. The number of rotatable bonds is 2. The lowest BCUT2D eigenvalue weighted by atomic mass is 10.0. The maximum Gasteiger partial charge on any atom is 0.124 e. The van der Waals surface area contributed by atoms with E-state index < -0.39 is 0 Å². The van der Waals surface area contributed by atoms with Crippen LogP contribution in [0.4, 0.5) is 10.1 Å². The van der Waals surface area contributed by atoms with Crippen LogP contribution in [0.25, 0.3) is 10.9 Å². The Morgan fingerprint density at radius 1 is 1.21 bits per heavy atom. The summed E-state index contributed by atoms with van der Waals surface area (Å²) in [7, 11) is 0. The van der Waals surface area contributed by atoms with E-state index in [1.807, 2.05) is 13.1 Å². The SMILES string of the molecule is Cc1cnn(C2CCCN(c3cc(C)nc4ccc(F)cc34)C2)c1. The molecule has 0 saturated carbocycles. The zero-order chi connectivity index (χ0) is 16.7. The molecule has 5 heteroatoms. The highest BCUT2D eigenvalue weighted by Gasteiger charge is 2.23. The molecule has 124 valence electrons. The molecule has 4 rings (SSSR count). The van der Waals surface area contributed by atoms with Crippen molar-refractivity contribution in [1.82, 2.24) is 14.8 Å². The van der Waals surface area contributed by atoms with E-state index in [2.05, 4.69) is 38.9 Å². The van der Waals surface area contributed by atoms with Crippen LogP contribution in [0, 0.1) is 19.7 Å². The van der Waals surface area contributed by atoms with E-state index >= 15 is 0 Å². The van der Waals surface area contributed by atoms with Crippen LogP contribution in [0.2, 0.25) is 0 Å². The summed E-state index contributed by atoms with van der Waals surface area (Å²) in [5.41, 5.74) is 4.06. The number of nitrogens with zero attached hydrogens (tertiary/aromatic N) is 4. The van der Waals surface area contributed by atoms with Crippen molar-refractivity contribution in [2.24, 2.45) is 0 Å². The van der Waals surface area contributed by atoms with Crippen LogP contribution in [0.15, 0.2) is 36.7 Å². The van der Waals surface area contributed by atoms with Gasteiger partial charge in [-0.2, -0.15) is 5.10 Å². The first kappa shape index (κ1) is 15.1. The van der Waals surface area contributed by atoms with E-state index in [4.69, 9.17) is 0 Å². The van der Waals surface area contributed by atoms with Gasteiger partial charge in [-0.1, -0.05) is 0 Å². The van der Waals surface area contributed by atoms with Gasteiger partial charge in [0.15, 0.2) is 0 Å². The number of fused-ring (bicyclic) bond motifs is 1. The zero-order valence-corrected chi connectivity index (χ0v) is 14.0. The summed E-state index contributed by atoms with van der Waals surface area (Å²) in [5.74, 6) is -0.217. The first-order valence-electron chi connectivity index (χ1n) is 8.43. The van der Waals surface area contributed by atoms with E-state index in [9.17, 15) is 4.39 Å². The average molecular weight is 324 g/mol. The highest BCUT2D eigenvalue weighted by molar-refractivity contribution is 5.92. The summed E-state index contributed by atoms with van der Waals surface area (Å²) < 4.78 is 15.8. The number of benzene rings is 1. The van der Waals surface area contributed by atoms with Crippen LogP contribution in [0.1, 0.15) is 30.1 Å². The Balaban J connectivity index is 1.72. The second-order valence-electron chi connectivity index (χ2n) is 6.68. The van der Waals surface area contributed by atoms with Gasteiger partial charge >= 0.3 is 0 Å². The first-order valence-corrected chi connectivity index (χ1v) is 8.43. The van der Waals surface area contributed by atoms with Gasteiger partial charge in [-0.05, 0) is 56.5 Å². The topological polar surface area (TPSA) is 34.0 Å². The van der Waals surface area contributed by atoms with Gasteiger partial charge in [0.2, 0.25) is 0 Å². The molecule has 4 nitrogen and oxygen atoms in total. The number of piperidine rings is 1. The molecule has 1 atom stereocenters. The molecular formula is C19H21FN4. The minimum Gasteiger partial charge on any atom is -0.369 e. The Morgan fingerprint density at radius 2 is 2.08 bits per heavy atom. The molecule has 1 saturated heterocycles. The summed E-state index contributed by atoms with van der Waals surface area (Å²) in [4.78, 5) is 6.89. The molecular weight excluding hydrogens is 303 g/mol. The van der Waals surface area contributed by atoms with Crippen molar-refractivity contribution in [1.29, 1.82) is 0 Å². The molecule has 24 heavy (non-hydrogen) atoms. The van der Waals surface area contributed by atoms with Crippen LogP contribution in [-0.4, -0.2) is 27.9 Å². The number of aromatic nitrogens is 3. The van der Waals surface area contributed by atoms with Gasteiger partial charge in [0, 0.05) is 36.1 Å². The van der Waals surface area contributed by atoms with Crippen LogP contribution in [0.5, 0.6) is 0 Å². The molecule has 0 spiro atoms. The van der Waals surface area contributed by atoms with Crippen LogP contribution in [0.3, 0.4) is 0 Å². The average Bonchev–Trinajstić information content (AvgIpc) is 3.01. The Hall–Kier alpha value is -2.43. The molecule has 0 bridgehead atoms. The van der Waals surface area contributed by atoms with Crippen molar-refractivity contribution < 1.29 is 4.39 Å². The van der Waals surface area contributed by atoms with Gasteiger partial charge in [-0.3, -0.25) is 9.67 Å². The van der Waals surface area contributed by atoms with E-state index in [1.54, 1.807) is 12.1 Å². The van der Waals surface area contributed by atoms with E-state index in [1.165, 1.54) is 11.6 Å². The highest BCUT2D eigenvalue weighted by Crippen LogP contribution is 2.32. The van der Waals surface area contributed by atoms with Gasteiger partial charge in [-0.25, -0.2) is 4.39 Å². The summed E-state index contributed by atoms with van der Waals surface area (Å²) in [6.07, 6.45) is 6.22. The van der Waals surface area contributed by atoms with Gasteiger partial charge in [0.25, 0.3) is 0 Å². The van der Waals surface area contributed by atoms with E-state index in [0.29, 0.717) is 6.04 Å². The summed E-state index contributed by atoms with van der Waals surface area (Å²) in [5, 5.41) is 5.37. The number of hydrogen-bond donors (Lipinski definition) is 0. The standard InChI is InChI=1S/C19H21FN4/c1-13-10-21-24(11-13)16-4-3-7-23(12-16)19-8-14(2)22-18-6-5-15(20)9-17(18)19/h5-6,8-11,16H,3-4,7,12H2,1-2H3. The van der Waals surface area contributed by atoms with Crippen molar-refractivity contribution >= 4 is 16.6 Å². The third-order valence-corrected chi connectivity index (χ3v) is 4.72. The molecule has 1 aliphatic heterocycles. The molecule has 0 aliphatic carbocycles. The quantitative estimate of drug-likeness (QED) is 0.714. The molecule has 0 N–H and O–H groups in total. The third-order valence-electron chi connectivity index (χ3n) is 4.72. The summed E-state index contributed by atoms with van der Waals surface area (Å²) in [6.45, 7) is 5.92. The number of halogens is 1. The number of pyridine rings is 1. The largest absolute Gasteiger partial charge is 0.369 e. The predicted octanol–water partition coefficient (Wildman–Crippen LogP) is 4.03. The lowest BCUT2D eigenvalue weighted by molar-refractivity contribution is 0.376. The smallest absolute Gasteiger partial charge is 0.124 e. The Kier molecular flexibility index (Phi) is 3.71. The number of anilines is 1. The van der Waals surface area contributed by atoms with Gasteiger partial charge in [0.1, 0.15) is 5.82 Å². The Labute approximate surface area is 140 Å². The second-order valence-corrected chi connectivity index (χ2v) is 6.68. The summed E-state index contributed by atoms with van der Waals surface area (Å²) >= 11 is 0. The molecule has 1 fully saturated rings. The Bertz CT molecular complexity index is 886. The van der Waals surface area contributed by atoms with Crippen LogP contribution in [-0.2, 0) is 0 Å². The first-order chi connectivity index (χ1) is 11.6. The molecule has 0 radical (unpaired) electrons. The van der Waals surface area contributed by atoms with Crippen LogP contribution >= 0.6 is 0 Å². The third kappa shape index (κ3) is 2.75. The minimum absolute atomic E-state index is 0.217.